The molecular weight excluding hydrogens is 292 g/mol. The Morgan fingerprint density at radius 2 is 1.96 bits per heavy atom. The number of benzene rings is 1. The fraction of sp³-hybridized carbons (Fsp3) is 0.353. The van der Waals surface area contributed by atoms with E-state index >= 15 is 0 Å². The van der Waals surface area contributed by atoms with Gasteiger partial charge in [0.2, 0.25) is 11.8 Å². The van der Waals surface area contributed by atoms with Gasteiger partial charge in [-0.3, -0.25) is 9.59 Å². The van der Waals surface area contributed by atoms with Crippen LogP contribution in [0.1, 0.15) is 37.4 Å². The zero-order chi connectivity index (χ0) is 16.4. The van der Waals surface area contributed by atoms with Gasteiger partial charge < -0.3 is 10.2 Å². The topological polar surface area (TPSA) is 67.2 Å². The van der Waals surface area contributed by atoms with E-state index in [0.717, 1.165) is 16.8 Å². The van der Waals surface area contributed by atoms with E-state index in [4.69, 9.17) is 0 Å². The van der Waals surface area contributed by atoms with Gasteiger partial charge in [-0.15, -0.1) is 0 Å². The summed E-state index contributed by atoms with van der Waals surface area (Å²) in [5.41, 5.74) is 1.56. The molecule has 6 heteroatoms. The number of hydrogen-bond acceptors (Lipinski definition) is 3. The SMILES string of the molecule is CC(C)n1ncc2c1NC(=O)CC21C(=O)N(C)c2ccccc21. The molecule has 1 N–H and O–H groups in total. The van der Waals surface area contributed by atoms with Crippen molar-refractivity contribution in [2.24, 2.45) is 0 Å². The summed E-state index contributed by atoms with van der Waals surface area (Å²) in [6.07, 6.45) is 1.84. The van der Waals surface area contributed by atoms with Crippen LogP contribution in [-0.2, 0) is 15.0 Å². The molecule has 0 saturated carbocycles. The average molecular weight is 310 g/mol. The molecule has 1 aromatic carbocycles. The standard InChI is InChI=1S/C17H18N4O2/c1-10(2)21-15-12(9-18-21)17(8-14(22)19-15)11-6-4-5-7-13(11)20(3)16(17)23/h4-7,9-10H,8H2,1-3H3,(H,19,22). The molecule has 23 heavy (non-hydrogen) atoms. The summed E-state index contributed by atoms with van der Waals surface area (Å²) in [6, 6.07) is 7.76. The molecule has 0 saturated heterocycles. The minimum absolute atomic E-state index is 0.0712. The van der Waals surface area contributed by atoms with E-state index < -0.39 is 5.41 Å². The lowest BCUT2D eigenvalue weighted by atomic mass is 9.72. The van der Waals surface area contributed by atoms with Gasteiger partial charge in [0.1, 0.15) is 11.2 Å². The van der Waals surface area contributed by atoms with Crippen LogP contribution in [0.15, 0.2) is 30.5 Å². The van der Waals surface area contributed by atoms with Gasteiger partial charge in [0.25, 0.3) is 0 Å². The Labute approximate surface area is 134 Å². The van der Waals surface area contributed by atoms with Gasteiger partial charge in [-0.2, -0.15) is 5.10 Å². The molecule has 1 spiro atoms. The van der Waals surface area contributed by atoms with Gasteiger partial charge in [-0.25, -0.2) is 4.68 Å². The van der Waals surface area contributed by atoms with Crippen molar-refractivity contribution in [3.8, 4) is 0 Å². The predicted octanol–water partition coefficient (Wildman–Crippen LogP) is 2.07. The molecule has 2 aliphatic heterocycles. The Kier molecular flexibility index (Phi) is 2.70. The Morgan fingerprint density at radius 3 is 2.70 bits per heavy atom. The number of nitrogens with one attached hydrogen (secondary N) is 1. The van der Waals surface area contributed by atoms with E-state index in [0.29, 0.717) is 5.82 Å². The molecule has 6 nitrogen and oxygen atoms in total. The van der Waals surface area contributed by atoms with Crippen molar-refractivity contribution in [3.05, 3.63) is 41.6 Å². The minimum Gasteiger partial charge on any atom is -0.314 e. The highest BCUT2D eigenvalue weighted by atomic mass is 16.2. The van der Waals surface area contributed by atoms with Crippen molar-refractivity contribution in [2.75, 3.05) is 17.3 Å². The van der Waals surface area contributed by atoms with E-state index in [9.17, 15) is 9.59 Å². The van der Waals surface area contributed by atoms with Crippen molar-refractivity contribution in [1.29, 1.82) is 0 Å². The number of hydrogen-bond donors (Lipinski definition) is 1. The van der Waals surface area contributed by atoms with Gasteiger partial charge in [0, 0.05) is 30.8 Å². The highest BCUT2D eigenvalue weighted by molar-refractivity contribution is 6.15. The first-order valence-electron chi connectivity index (χ1n) is 7.72. The van der Waals surface area contributed by atoms with Crippen LogP contribution >= 0.6 is 0 Å². The number of aromatic nitrogens is 2. The van der Waals surface area contributed by atoms with E-state index in [-0.39, 0.29) is 24.3 Å². The van der Waals surface area contributed by atoms with Crippen molar-refractivity contribution in [2.45, 2.75) is 31.7 Å². The van der Waals surface area contributed by atoms with Crippen LogP contribution < -0.4 is 10.2 Å². The third kappa shape index (κ3) is 1.60. The van der Waals surface area contributed by atoms with Crippen LogP contribution in [0, 0.1) is 0 Å². The van der Waals surface area contributed by atoms with Crippen molar-refractivity contribution in [3.63, 3.8) is 0 Å². The van der Waals surface area contributed by atoms with Gasteiger partial charge in [0.15, 0.2) is 0 Å². The van der Waals surface area contributed by atoms with Crippen LogP contribution in [-0.4, -0.2) is 28.6 Å². The molecule has 1 unspecified atom stereocenters. The fourth-order valence-corrected chi connectivity index (χ4v) is 3.77. The number of carbonyl (C=O) groups is 2. The fourth-order valence-electron chi connectivity index (χ4n) is 3.77. The van der Waals surface area contributed by atoms with Gasteiger partial charge >= 0.3 is 0 Å². The van der Waals surface area contributed by atoms with Crippen LogP contribution in [0.5, 0.6) is 0 Å². The molecule has 118 valence electrons. The molecular formula is C17H18N4O2. The number of nitrogens with zero attached hydrogens (tertiary/aromatic N) is 3. The lowest BCUT2D eigenvalue weighted by Crippen LogP contribution is -2.45. The largest absolute Gasteiger partial charge is 0.314 e. The molecule has 0 bridgehead atoms. The summed E-state index contributed by atoms with van der Waals surface area (Å²) in [7, 11) is 1.76. The summed E-state index contributed by atoms with van der Waals surface area (Å²) in [6.45, 7) is 3.99. The quantitative estimate of drug-likeness (QED) is 0.877. The van der Waals surface area contributed by atoms with Gasteiger partial charge in [-0.05, 0) is 25.5 Å². The summed E-state index contributed by atoms with van der Waals surface area (Å²) >= 11 is 0. The Hall–Kier alpha value is -2.63. The predicted molar refractivity (Wildman–Crippen MR) is 86.5 cm³/mol. The summed E-state index contributed by atoms with van der Waals surface area (Å²) in [5, 5.41) is 7.31. The maximum Gasteiger partial charge on any atom is 0.242 e. The van der Waals surface area contributed by atoms with Crippen molar-refractivity contribution in [1.82, 2.24) is 9.78 Å². The monoisotopic (exact) mass is 310 g/mol. The number of carbonyl (C=O) groups excluding carboxylic acids is 2. The number of fused-ring (bicyclic) bond motifs is 4. The number of likely N-dealkylation sites (N-methyl/N-ethyl adjacent to an activating group) is 1. The second-order valence-corrected chi connectivity index (χ2v) is 6.46. The Morgan fingerprint density at radius 1 is 1.22 bits per heavy atom. The second-order valence-electron chi connectivity index (χ2n) is 6.46. The summed E-state index contributed by atoms with van der Waals surface area (Å²) in [5.74, 6) is 0.408. The molecule has 3 heterocycles. The zero-order valence-corrected chi connectivity index (χ0v) is 13.3. The first-order chi connectivity index (χ1) is 11.0. The van der Waals surface area contributed by atoms with E-state index in [1.54, 1.807) is 22.8 Å². The zero-order valence-electron chi connectivity index (χ0n) is 13.3. The molecule has 4 rings (SSSR count). The first-order valence-corrected chi connectivity index (χ1v) is 7.72. The molecule has 0 aliphatic carbocycles. The third-order valence-electron chi connectivity index (χ3n) is 4.82. The highest BCUT2D eigenvalue weighted by Crippen LogP contribution is 2.51. The molecule has 2 amide bonds. The maximum atomic E-state index is 13.1. The number of anilines is 2. The number of para-hydroxylation sites is 1. The van der Waals surface area contributed by atoms with Crippen LogP contribution in [0.3, 0.4) is 0 Å². The molecule has 2 aliphatic rings. The summed E-state index contributed by atoms with van der Waals surface area (Å²) < 4.78 is 1.77. The maximum absolute atomic E-state index is 13.1. The lowest BCUT2D eigenvalue weighted by Gasteiger charge is -2.32. The normalized spacial score (nSPS) is 22.5. The molecule has 1 aromatic heterocycles. The molecule has 0 fully saturated rings. The van der Waals surface area contributed by atoms with Crippen LogP contribution in [0.4, 0.5) is 11.5 Å². The van der Waals surface area contributed by atoms with Gasteiger partial charge in [0.05, 0.1) is 6.20 Å². The lowest BCUT2D eigenvalue weighted by molar-refractivity contribution is -0.126. The Balaban J connectivity index is 2.04. The minimum atomic E-state index is -0.962. The highest BCUT2D eigenvalue weighted by Gasteiger charge is 2.56. The van der Waals surface area contributed by atoms with Crippen LogP contribution in [0.2, 0.25) is 0 Å². The molecule has 2 aromatic rings. The van der Waals surface area contributed by atoms with Crippen molar-refractivity contribution >= 4 is 23.3 Å². The smallest absolute Gasteiger partial charge is 0.242 e. The van der Waals surface area contributed by atoms with E-state index in [1.165, 1.54) is 0 Å². The van der Waals surface area contributed by atoms with Crippen LogP contribution in [0.25, 0.3) is 0 Å². The molecule has 0 radical (unpaired) electrons. The molecule has 1 atom stereocenters. The Bertz CT molecular complexity index is 839. The van der Waals surface area contributed by atoms with E-state index in [2.05, 4.69) is 10.4 Å². The van der Waals surface area contributed by atoms with E-state index in [1.807, 2.05) is 38.1 Å². The average Bonchev–Trinajstić information content (AvgIpc) is 3.03. The van der Waals surface area contributed by atoms with Crippen molar-refractivity contribution < 1.29 is 9.59 Å². The number of amides is 2. The van der Waals surface area contributed by atoms with Gasteiger partial charge in [-0.1, -0.05) is 18.2 Å². The first kappa shape index (κ1) is 14.0. The second kappa shape index (κ2) is 4.44. The number of rotatable bonds is 1. The summed E-state index contributed by atoms with van der Waals surface area (Å²) in [4.78, 5) is 27.2. The third-order valence-corrected chi connectivity index (χ3v) is 4.82.